The van der Waals surface area contributed by atoms with Crippen molar-refractivity contribution in [2.24, 2.45) is 0 Å². The molecule has 11 heteroatoms. The molecule has 23 heavy (non-hydrogen) atoms. The number of amides is 1. The van der Waals surface area contributed by atoms with E-state index in [2.05, 4.69) is 10.3 Å². The maximum Gasteiger partial charge on any atom is 0.295 e. The molecule has 0 fully saturated rings. The zero-order chi connectivity index (χ0) is 17.1. The van der Waals surface area contributed by atoms with Crippen molar-refractivity contribution in [3.8, 4) is 0 Å². The first kappa shape index (κ1) is 16.6. The van der Waals surface area contributed by atoms with E-state index >= 15 is 0 Å². The van der Waals surface area contributed by atoms with Gasteiger partial charge in [-0.05, 0) is 12.1 Å². The van der Waals surface area contributed by atoms with Gasteiger partial charge in [-0.2, -0.15) is 0 Å². The topological polar surface area (TPSA) is 128 Å². The molecule has 118 valence electrons. The van der Waals surface area contributed by atoms with Gasteiger partial charge >= 0.3 is 0 Å². The molecule has 0 bridgehead atoms. The fourth-order valence-corrected chi connectivity index (χ4v) is 1.99. The molecule has 1 aromatic carbocycles. The molecule has 0 radical (unpaired) electrons. The molecule has 0 aliphatic carbocycles. The summed E-state index contributed by atoms with van der Waals surface area (Å²) in [5.41, 5.74) is -1.78. The van der Waals surface area contributed by atoms with Gasteiger partial charge in [-0.25, -0.2) is 4.98 Å². The number of carbonyl (C=O) groups is 1. The first-order valence-electron chi connectivity index (χ1n) is 5.85. The molecule has 0 unspecified atom stereocenters. The Bertz CT molecular complexity index is 775. The fraction of sp³-hybridized carbons (Fsp3) is 0. The van der Waals surface area contributed by atoms with Crippen LogP contribution < -0.4 is 5.32 Å². The van der Waals surface area contributed by atoms with Gasteiger partial charge < -0.3 is 5.32 Å². The lowest BCUT2D eigenvalue weighted by Crippen LogP contribution is -2.13. The van der Waals surface area contributed by atoms with Crippen LogP contribution in [0.25, 0.3) is 0 Å². The maximum atomic E-state index is 12.1. The normalized spacial score (nSPS) is 10.2. The minimum atomic E-state index is -0.910. The Morgan fingerprint density at radius 3 is 2.09 bits per heavy atom. The number of benzene rings is 1. The van der Waals surface area contributed by atoms with Crippen LogP contribution in [0.15, 0.2) is 30.5 Å². The third kappa shape index (κ3) is 3.71. The number of halogens is 2. The SMILES string of the molecule is O=C(Nc1ccc(Cl)cn1)c1cc([N+](=O)[O-])c(Cl)c([N+](=O)[O-])c1. The summed E-state index contributed by atoms with van der Waals surface area (Å²) in [6.07, 6.45) is 1.28. The number of nitro groups is 2. The second-order valence-corrected chi connectivity index (χ2v) is 4.97. The van der Waals surface area contributed by atoms with Crippen LogP contribution in [-0.2, 0) is 0 Å². The van der Waals surface area contributed by atoms with Crippen LogP contribution in [0.4, 0.5) is 17.2 Å². The quantitative estimate of drug-likeness (QED) is 0.659. The number of hydrogen-bond donors (Lipinski definition) is 1. The molecule has 1 N–H and O–H groups in total. The molecule has 0 aliphatic heterocycles. The molecule has 0 saturated carbocycles. The van der Waals surface area contributed by atoms with Gasteiger partial charge in [0, 0.05) is 18.3 Å². The van der Waals surface area contributed by atoms with E-state index in [1.807, 2.05) is 0 Å². The number of nitrogens with one attached hydrogen (secondary N) is 1. The van der Waals surface area contributed by atoms with Crippen molar-refractivity contribution in [3.05, 3.63) is 66.3 Å². The minimum absolute atomic E-state index is 0.125. The van der Waals surface area contributed by atoms with E-state index < -0.39 is 32.2 Å². The Balaban J connectivity index is 2.41. The Morgan fingerprint density at radius 1 is 1.09 bits per heavy atom. The van der Waals surface area contributed by atoms with Crippen LogP contribution in [0.5, 0.6) is 0 Å². The highest BCUT2D eigenvalue weighted by Gasteiger charge is 2.27. The highest BCUT2D eigenvalue weighted by molar-refractivity contribution is 6.35. The fourth-order valence-electron chi connectivity index (χ4n) is 1.63. The lowest BCUT2D eigenvalue weighted by atomic mass is 10.1. The van der Waals surface area contributed by atoms with Gasteiger partial charge in [0.1, 0.15) is 5.82 Å². The van der Waals surface area contributed by atoms with Crippen LogP contribution in [0.3, 0.4) is 0 Å². The summed E-state index contributed by atoms with van der Waals surface area (Å²) in [6.45, 7) is 0. The number of hydrogen-bond acceptors (Lipinski definition) is 6. The van der Waals surface area contributed by atoms with Gasteiger partial charge in [-0.1, -0.05) is 23.2 Å². The van der Waals surface area contributed by atoms with Crippen molar-refractivity contribution in [1.29, 1.82) is 0 Å². The standard InChI is InChI=1S/C12H6Cl2N4O5/c13-7-1-2-10(15-5-7)16-12(19)6-3-8(17(20)21)11(14)9(4-6)18(22)23/h1-5H,(H,15,16,19). The van der Waals surface area contributed by atoms with Gasteiger partial charge in [-0.15, -0.1) is 0 Å². The van der Waals surface area contributed by atoms with Crippen molar-refractivity contribution in [3.63, 3.8) is 0 Å². The first-order valence-corrected chi connectivity index (χ1v) is 6.60. The Kier molecular flexibility index (Phi) is 4.72. The average molecular weight is 357 g/mol. The lowest BCUT2D eigenvalue weighted by molar-refractivity contribution is -0.393. The Morgan fingerprint density at radius 2 is 1.65 bits per heavy atom. The molecular weight excluding hydrogens is 351 g/mol. The molecule has 0 spiro atoms. The minimum Gasteiger partial charge on any atom is -0.307 e. The molecule has 0 saturated heterocycles. The van der Waals surface area contributed by atoms with E-state index in [4.69, 9.17) is 23.2 Å². The lowest BCUT2D eigenvalue weighted by Gasteiger charge is -2.05. The van der Waals surface area contributed by atoms with Crippen LogP contribution in [0.2, 0.25) is 10.0 Å². The molecule has 9 nitrogen and oxygen atoms in total. The molecule has 1 aromatic heterocycles. The number of pyridine rings is 1. The second kappa shape index (κ2) is 6.55. The predicted molar refractivity (Wildman–Crippen MR) is 82.0 cm³/mol. The van der Waals surface area contributed by atoms with Gasteiger partial charge in [0.25, 0.3) is 17.3 Å². The average Bonchev–Trinajstić information content (AvgIpc) is 2.49. The zero-order valence-corrected chi connectivity index (χ0v) is 12.5. The van der Waals surface area contributed by atoms with Crippen molar-refractivity contribution in [2.75, 3.05) is 5.32 Å². The summed E-state index contributed by atoms with van der Waals surface area (Å²) in [5, 5.41) is 23.9. The van der Waals surface area contributed by atoms with Crippen LogP contribution in [-0.4, -0.2) is 20.7 Å². The third-order valence-electron chi connectivity index (χ3n) is 2.66. The number of nitrogens with zero attached hydrogens (tertiary/aromatic N) is 3. The van der Waals surface area contributed by atoms with Gasteiger partial charge in [0.05, 0.1) is 20.4 Å². The summed E-state index contributed by atoms with van der Waals surface area (Å²) in [6, 6.07) is 4.57. The number of nitro benzene ring substituents is 2. The van der Waals surface area contributed by atoms with E-state index in [1.165, 1.54) is 18.3 Å². The first-order chi connectivity index (χ1) is 10.8. The summed E-state index contributed by atoms with van der Waals surface area (Å²) in [7, 11) is 0. The van der Waals surface area contributed by atoms with Crippen LogP contribution in [0, 0.1) is 20.2 Å². The van der Waals surface area contributed by atoms with Crippen molar-refractivity contribution >= 4 is 46.3 Å². The number of anilines is 1. The molecule has 1 amide bonds. The number of aromatic nitrogens is 1. The van der Waals surface area contributed by atoms with Gasteiger partial charge in [0.15, 0.2) is 5.02 Å². The molecule has 0 atom stereocenters. The monoisotopic (exact) mass is 356 g/mol. The van der Waals surface area contributed by atoms with E-state index in [-0.39, 0.29) is 11.4 Å². The summed E-state index contributed by atoms with van der Waals surface area (Å²) in [5.74, 6) is -0.692. The maximum absolute atomic E-state index is 12.1. The number of carbonyl (C=O) groups excluding carboxylic acids is 1. The van der Waals surface area contributed by atoms with E-state index in [0.717, 1.165) is 12.1 Å². The summed E-state index contributed by atoms with van der Waals surface area (Å²) >= 11 is 11.3. The Hall–Kier alpha value is -2.78. The third-order valence-corrected chi connectivity index (χ3v) is 3.27. The van der Waals surface area contributed by atoms with Crippen molar-refractivity contribution in [1.82, 2.24) is 4.98 Å². The van der Waals surface area contributed by atoms with E-state index in [9.17, 15) is 25.0 Å². The van der Waals surface area contributed by atoms with Crippen molar-refractivity contribution in [2.45, 2.75) is 0 Å². The molecule has 2 rings (SSSR count). The van der Waals surface area contributed by atoms with E-state index in [0.29, 0.717) is 5.02 Å². The number of rotatable bonds is 4. The van der Waals surface area contributed by atoms with Gasteiger partial charge in [0.2, 0.25) is 0 Å². The summed E-state index contributed by atoms with van der Waals surface area (Å²) < 4.78 is 0. The highest BCUT2D eigenvalue weighted by atomic mass is 35.5. The molecular formula is C12H6Cl2N4O5. The van der Waals surface area contributed by atoms with Gasteiger partial charge in [-0.3, -0.25) is 25.0 Å². The molecule has 1 heterocycles. The predicted octanol–water partition coefficient (Wildman–Crippen LogP) is 3.46. The highest BCUT2D eigenvalue weighted by Crippen LogP contribution is 2.35. The van der Waals surface area contributed by atoms with E-state index in [1.54, 1.807) is 0 Å². The van der Waals surface area contributed by atoms with Crippen LogP contribution >= 0.6 is 23.2 Å². The van der Waals surface area contributed by atoms with Crippen LogP contribution in [0.1, 0.15) is 10.4 Å². The molecule has 0 aliphatic rings. The second-order valence-electron chi connectivity index (χ2n) is 4.16. The summed E-state index contributed by atoms with van der Waals surface area (Å²) in [4.78, 5) is 35.9. The zero-order valence-electron chi connectivity index (χ0n) is 11.0. The van der Waals surface area contributed by atoms with Crippen molar-refractivity contribution < 1.29 is 14.6 Å². The largest absolute Gasteiger partial charge is 0.307 e. The molecule has 2 aromatic rings. The Labute approximate surface area is 138 Å². The smallest absolute Gasteiger partial charge is 0.295 e.